The Morgan fingerprint density at radius 2 is 1.62 bits per heavy atom. The van der Waals surface area contributed by atoms with E-state index in [1.54, 1.807) is 24.4 Å². The Bertz CT molecular complexity index is 1600. The topological polar surface area (TPSA) is 113 Å². The van der Waals surface area contributed by atoms with Crippen molar-refractivity contribution in [3.63, 3.8) is 0 Å². The van der Waals surface area contributed by atoms with Gasteiger partial charge < -0.3 is 20.3 Å². The van der Waals surface area contributed by atoms with E-state index < -0.39 is 5.97 Å². The summed E-state index contributed by atoms with van der Waals surface area (Å²) in [6, 6.07) is 19.4. The molecule has 0 saturated heterocycles. The molecule has 0 aliphatic rings. The third kappa shape index (κ3) is 5.90. The van der Waals surface area contributed by atoms with Crippen LogP contribution in [-0.4, -0.2) is 26.5 Å². The molecule has 0 saturated carbocycles. The summed E-state index contributed by atoms with van der Waals surface area (Å²) in [5.41, 5.74) is 4.25. The van der Waals surface area contributed by atoms with Gasteiger partial charge in [-0.2, -0.15) is 0 Å². The van der Waals surface area contributed by atoms with Gasteiger partial charge in [0.15, 0.2) is 5.82 Å². The number of aromatic carboxylic acids is 1. The van der Waals surface area contributed by atoms with Crippen molar-refractivity contribution < 1.29 is 14.7 Å². The number of hydrogen-bond donors (Lipinski definition) is 3. The third-order valence-electron chi connectivity index (χ3n) is 6.60. The van der Waals surface area contributed by atoms with E-state index in [1.165, 1.54) is 10.6 Å². The first kappa shape index (κ1) is 27.3. The van der Waals surface area contributed by atoms with Crippen LogP contribution < -0.4 is 16.2 Å². The minimum Gasteiger partial charge on any atom is -0.478 e. The first-order valence-corrected chi connectivity index (χ1v) is 12.7. The monoisotopic (exact) mass is 524 g/mol. The first-order valence-electron chi connectivity index (χ1n) is 12.7. The van der Waals surface area contributed by atoms with E-state index in [4.69, 9.17) is 0 Å². The van der Waals surface area contributed by atoms with Crippen molar-refractivity contribution in [2.45, 2.75) is 46.6 Å². The summed E-state index contributed by atoms with van der Waals surface area (Å²) >= 11 is 0. The number of para-hydroxylation sites is 1. The maximum Gasteiger partial charge on any atom is 0.337 e. The summed E-state index contributed by atoms with van der Waals surface area (Å²) in [6.07, 6.45) is 1.66. The zero-order valence-corrected chi connectivity index (χ0v) is 22.7. The number of carboxylic acids is 1. The summed E-state index contributed by atoms with van der Waals surface area (Å²) in [7, 11) is 0. The van der Waals surface area contributed by atoms with Crippen LogP contribution in [0.1, 0.15) is 59.5 Å². The second-order valence-electron chi connectivity index (χ2n) is 10.3. The van der Waals surface area contributed by atoms with Crippen molar-refractivity contribution in [3.8, 4) is 11.3 Å². The van der Waals surface area contributed by atoms with Crippen molar-refractivity contribution >= 4 is 29.1 Å². The van der Waals surface area contributed by atoms with E-state index in [9.17, 15) is 19.5 Å². The smallest absolute Gasteiger partial charge is 0.337 e. The van der Waals surface area contributed by atoms with Gasteiger partial charge in [-0.1, -0.05) is 57.2 Å². The zero-order chi connectivity index (χ0) is 28.3. The van der Waals surface area contributed by atoms with E-state index in [1.807, 2.05) is 56.3 Å². The number of aromatic nitrogens is 2. The number of anilines is 3. The molecule has 4 aromatic rings. The fraction of sp³-hybridized carbons (Fsp3) is 0.226. The van der Waals surface area contributed by atoms with E-state index >= 15 is 0 Å². The zero-order valence-electron chi connectivity index (χ0n) is 22.7. The first-order chi connectivity index (χ1) is 18.5. The highest BCUT2D eigenvalue weighted by Gasteiger charge is 2.18. The lowest BCUT2D eigenvalue weighted by molar-refractivity contribution is 0.0697. The van der Waals surface area contributed by atoms with E-state index in [2.05, 4.69) is 36.4 Å². The second kappa shape index (κ2) is 10.9. The second-order valence-corrected chi connectivity index (χ2v) is 10.3. The molecule has 0 spiro atoms. The Hall–Kier alpha value is -4.72. The predicted molar refractivity (Wildman–Crippen MR) is 154 cm³/mol. The Kier molecular flexibility index (Phi) is 7.67. The summed E-state index contributed by atoms with van der Waals surface area (Å²) in [5.74, 6) is -1.33. The number of carboxylic acid groups (broad SMARTS) is 1. The SMILES string of the molecule is CCn1cc(-c2cccc(NC(=O)c3ccc(C(C)(C)C)cc3)c2C)nc(Nc2ccccc2C(=O)O)c1=O. The highest BCUT2D eigenvalue weighted by Crippen LogP contribution is 2.29. The number of amides is 1. The van der Waals surface area contributed by atoms with Gasteiger partial charge in [0.05, 0.1) is 16.9 Å². The number of nitrogens with zero attached hydrogens (tertiary/aromatic N) is 2. The number of aryl methyl sites for hydroxylation is 1. The van der Waals surface area contributed by atoms with Crippen molar-refractivity contribution in [1.82, 2.24) is 9.55 Å². The van der Waals surface area contributed by atoms with Crippen LogP contribution in [0.2, 0.25) is 0 Å². The molecular formula is C31H32N4O4. The van der Waals surface area contributed by atoms with Gasteiger partial charge in [-0.25, -0.2) is 9.78 Å². The fourth-order valence-corrected chi connectivity index (χ4v) is 4.26. The van der Waals surface area contributed by atoms with Gasteiger partial charge >= 0.3 is 5.97 Å². The lowest BCUT2D eigenvalue weighted by Crippen LogP contribution is -2.24. The molecule has 1 amide bonds. The van der Waals surface area contributed by atoms with Gasteiger partial charge in [0.2, 0.25) is 0 Å². The van der Waals surface area contributed by atoms with Crippen LogP contribution in [0.15, 0.2) is 77.7 Å². The van der Waals surface area contributed by atoms with Crippen molar-refractivity contribution in [2.75, 3.05) is 10.6 Å². The lowest BCUT2D eigenvalue weighted by atomic mass is 9.86. The highest BCUT2D eigenvalue weighted by atomic mass is 16.4. The molecule has 200 valence electrons. The molecule has 0 aliphatic carbocycles. The Morgan fingerprint density at radius 1 is 0.949 bits per heavy atom. The van der Waals surface area contributed by atoms with Crippen LogP contribution in [0.25, 0.3) is 11.3 Å². The molecule has 1 aromatic heterocycles. The molecule has 8 heteroatoms. The summed E-state index contributed by atoms with van der Waals surface area (Å²) in [4.78, 5) is 42.3. The van der Waals surface area contributed by atoms with Gasteiger partial charge in [0.25, 0.3) is 11.5 Å². The molecule has 8 nitrogen and oxygen atoms in total. The minimum atomic E-state index is -1.11. The lowest BCUT2D eigenvalue weighted by Gasteiger charge is -2.19. The van der Waals surface area contributed by atoms with Crippen molar-refractivity contribution in [1.29, 1.82) is 0 Å². The van der Waals surface area contributed by atoms with E-state index in [0.717, 1.165) is 16.7 Å². The van der Waals surface area contributed by atoms with Crippen LogP contribution >= 0.6 is 0 Å². The standard InChI is InChI=1S/C31H32N4O4/c1-6-35-18-26(33-27(29(35)37)32-25-12-8-7-10-23(25)30(38)39)22-11-9-13-24(19(22)2)34-28(36)20-14-16-21(17-15-20)31(3,4)5/h7-18H,6H2,1-5H3,(H,32,33)(H,34,36)(H,38,39). The van der Waals surface area contributed by atoms with Crippen LogP contribution in [0.5, 0.6) is 0 Å². The van der Waals surface area contributed by atoms with Crippen LogP contribution in [0.3, 0.4) is 0 Å². The number of carbonyl (C=O) groups excluding carboxylic acids is 1. The average molecular weight is 525 g/mol. The molecule has 0 aliphatic heterocycles. The normalized spacial score (nSPS) is 11.2. The van der Waals surface area contributed by atoms with Gasteiger partial charge in [-0.3, -0.25) is 9.59 Å². The van der Waals surface area contributed by atoms with E-state index in [0.29, 0.717) is 23.5 Å². The maximum absolute atomic E-state index is 13.0. The van der Waals surface area contributed by atoms with Gasteiger partial charge in [0.1, 0.15) is 0 Å². The fourth-order valence-electron chi connectivity index (χ4n) is 4.26. The number of carbonyl (C=O) groups is 2. The van der Waals surface area contributed by atoms with Crippen LogP contribution in [-0.2, 0) is 12.0 Å². The Balaban J connectivity index is 1.68. The summed E-state index contributed by atoms with van der Waals surface area (Å²) in [5, 5.41) is 15.4. The molecule has 3 aromatic carbocycles. The third-order valence-corrected chi connectivity index (χ3v) is 6.60. The molecule has 0 fully saturated rings. The van der Waals surface area contributed by atoms with Crippen LogP contribution in [0.4, 0.5) is 17.2 Å². The van der Waals surface area contributed by atoms with Crippen LogP contribution in [0, 0.1) is 6.92 Å². The summed E-state index contributed by atoms with van der Waals surface area (Å²) in [6.45, 7) is 10.5. The van der Waals surface area contributed by atoms with Gasteiger partial charge in [0, 0.05) is 29.6 Å². The molecule has 1 heterocycles. The van der Waals surface area contributed by atoms with Crippen molar-refractivity contribution in [2.24, 2.45) is 0 Å². The largest absolute Gasteiger partial charge is 0.478 e. The molecule has 0 unspecified atom stereocenters. The van der Waals surface area contributed by atoms with Crippen molar-refractivity contribution in [3.05, 3.63) is 106 Å². The predicted octanol–water partition coefficient (Wildman–Crippen LogP) is 6.23. The molecule has 3 N–H and O–H groups in total. The van der Waals surface area contributed by atoms with E-state index in [-0.39, 0.29) is 34.0 Å². The average Bonchev–Trinajstić information content (AvgIpc) is 2.91. The number of benzene rings is 3. The Labute approximate surface area is 227 Å². The Morgan fingerprint density at radius 3 is 2.26 bits per heavy atom. The van der Waals surface area contributed by atoms with Gasteiger partial charge in [-0.15, -0.1) is 0 Å². The molecule has 0 bridgehead atoms. The number of rotatable bonds is 7. The minimum absolute atomic E-state index is 0.00860. The molecule has 39 heavy (non-hydrogen) atoms. The molecule has 4 rings (SSSR count). The number of nitrogens with one attached hydrogen (secondary N) is 2. The number of hydrogen-bond acceptors (Lipinski definition) is 5. The maximum atomic E-state index is 13.0. The molecule has 0 radical (unpaired) electrons. The summed E-state index contributed by atoms with van der Waals surface area (Å²) < 4.78 is 1.51. The molecular weight excluding hydrogens is 492 g/mol. The molecule has 0 atom stereocenters. The van der Waals surface area contributed by atoms with Gasteiger partial charge in [-0.05, 0) is 60.7 Å². The quantitative estimate of drug-likeness (QED) is 0.264. The highest BCUT2D eigenvalue weighted by molar-refractivity contribution is 6.05.